The number of hydrogen-bond donors (Lipinski definition) is 1. The van der Waals surface area contributed by atoms with E-state index in [1.807, 2.05) is 30.3 Å². The highest BCUT2D eigenvalue weighted by molar-refractivity contribution is 7.83. The SMILES string of the molecule is O=S1NC=Cc2ccccc21. The van der Waals surface area contributed by atoms with Crippen LogP contribution in [0.5, 0.6) is 0 Å². The largest absolute Gasteiger partial charge is 0.308 e. The summed E-state index contributed by atoms with van der Waals surface area (Å²) in [7, 11) is -1.05. The fraction of sp³-hybridized carbons (Fsp3) is 0. The van der Waals surface area contributed by atoms with Gasteiger partial charge in [-0.3, -0.25) is 0 Å². The third-order valence-corrected chi connectivity index (χ3v) is 2.68. The van der Waals surface area contributed by atoms with Gasteiger partial charge in [0.1, 0.15) is 11.0 Å². The first kappa shape index (κ1) is 6.61. The van der Waals surface area contributed by atoms with Crippen molar-refractivity contribution in [3.8, 4) is 0 Å². The summed E-state index contributed by atoms with van der Waals surface area (Å²) in [4.78, 5) is 0.856. The van der Waals surface area contributed by atoms with Crippen molar-refractivity contribution in [2.75, 3.05) is 0 Å². The first-order valence-electron chi connectivity index (χ1n) is 3.31. The zero-order chi connectivity index (χ0) is 7.68. The highest BCUT2D eigenvalue weighted by Gasteiger charge is 2.08. The molecule has 0 aliphatic carbocycles. The molecular formula is C8H7NOS. The van der Waals surface area contributed by atoms with E-state index in [1.165, 1.54) is 0 Å². The molecule has 2 rings (SSSR count). The monoisotopic (exact) mass is 165 g/mol. The van der Waals surface area contributed by atoms with E-state index in [2.05, 4.69) is 4.72 Å². The smallest absolute Gasteiger partial charge is 0.150 e. The highest BCUT2D eigenvalue weighted by atomic mass is 32.2. The van der Waals surface area contributed by atoms with Gasteiger partial charge in [0.15, 0.2) is 0 Å². The van der Waals surface area contributed by atoms with E-state index in [1.54, 1.807) is 6.20 Å². The van der Waals surface area contributed by atoms with E-state index < -0.39 is 11.0 Å². The molecule has 0 radical (unpaired) electrons. The third kappa shape index (κ3) is 1.07. The Kier molecular flexibility index (Phi) is 1.51. The van der Waals surface area contributed by atoms with Gasteiger partial charge in [0.2, 0.25) is 0 Å². The van der Waals surface area contributed by atoms with Crippen molar-refractivity contribution in [3.63, 3.8) is 0 Å². The van der Waals surface area contributed by atoms with Crippen LogP contribution < -0.4 is 4.72 Å². The summed E-state index contributed by atoms with van der Waals surface area (Å²) in [5.41, 5.74) is 1.03. The predicted octanol–water partition coefficient (Wildman–Crippen LogP) is 1.28. The number of fused-ring (bicyclic) bond motifs is 1. The number of hydrogen-bond acceptors (Lipinski definition) is 1. The lowest BCUT2D eigenvalue weighted by Gasteiger charge is -2.09. The van der Waals surface area contributed by atoms with Crippen molar-refractivity contribution in [3.05, 3.63) is 36.0 Å². The fourth-order valence-electron chi connectivity index (χ4n) is 1.04. The van der Waals surface area contributed by atoms with Crippen LogP contribution >= 0.6 is 0 Å². The van der Waals surface area contributed by atoms with Crippen LogP contribution in [0.1, 0.15) is 5.56 Å². The van der Waals surface area contributed by atoms with Gasteiger partial charge in [-0.2, -0.15) is 0 Å². The van der Waals surface area contributed by atoms with Crippen LogP contribution in [0.3, 0.4) is 0 Å². The quantitative estimate of drug-likeness (QED) is 0.616. The minimum atomic E-state index is -1.05. The molecule has 1 atom stereocenters. The Labute approximate surface area is 67.5 Å². The Hall–Kier alpha value is -1.09. The molecule has 1 unspecified atom stereocenters. The van der Waals surface area contributed by atoms with Crippen LogP contribution in [0.4, 0.5) is 0 Å². The third-order valence-electron chi connectivity index (χ3n) is 1.56. The first-order chi connectivity index (χ1) is 5.38. The van der Waals surface area contributed by atoms with Crippen molar-refractivity contribution in [1.29, 1.82) is 0 Å². The molecule has 1 aliphatic rings. The Balaban J connectivity index is 2.63. The summed E-state index contributed by atoms with van der Waals surface area (Å²) in [5, 5.41) is 0. The van der Waals surface area contributed by atoms with Gasteiger partial charge in [-0.1, -0.05) is 18.2 Å². The van der Waals surface area contributed by atoms with E-state index in [4.69, 9.17) is 0 Å². The van der Waals surface area contributed by atoms with Gasteiger partial charge in [0, 0.05) is 6.20 Å². The molecular weight excluding hydrogens is 158 g/mol. The van der Waals surface area contributed by atoms with Gasteiger partial charge in [0.05, 0.1) is 4.90 Å². The van der Waals surface area contributed by atoms with Crippen LogP contribution in [0.15, 0.2) is 35.4 Å². The summed E-state index contributed by atoms with van der Waals surface area (Å²) < 4.78 is 14.0. The van der Waals surface area contributed by atoms with Crippen LogP contribution in [0, 0.1) is 0 Å². The summed E-state index contributed by atoms with van der Waals surface area (Å²) >= 11 is 0. The van der Waals surface area contributed by atoms with Crippen molar-refractivity contribution >= 4 is 17.1 Å². The molecule has 1 N–H and O–H groups in total. The van der Waals surface area contributed by atoms with Crippen LogP contribution in [-0.4, -0.2) is 4.21 Å². The molecule has 0 amide bonds. The summed E-state index contributed by atoms with van der Waals surface area (Å²) in [6.07, 6.45) is 3.62. The Bertz CT molecular complexity index is 333. The van der Waals surface area contributed by atoms with Crippen LogP contribution in [0.25, 0.3) is 6.08 Å². The highest BCUT2D eigenvalue weighted by Crippen LogP contribution is 2.16. The zero-order valence-corrected chi connectivity index (χ0v) is 6.60. The topological polar surface area (TPSA) is 29.1 Å². The van der Waals surface area contributed by atoms with Gasteiger partial charge < -0.3 is 4.72 Å². The molecule has 2 nitrogen and oxygen atoms in total. The van der Waals surface area contributed by atoms with Gasteiger partial charge in [-0.25, -0.2) is 4.21 Å². The average Bonchev–Trinajstić information content (AvgIpc) is 2.06. The molecule has 1 aliphatic heterocycles. The lowest BCUT2D eigenvalue weighted by atomic mass is 10.2. The van der Waals surface area contributed by atoms with E-state index in [0.29, 0.717) is 0 Å². The molecule has 0 aromatic heterocycles. The lowest BCUT2D eigenvalue weighted by Crippen LogP contribution is -2.14. The maximum Gasteiger partial charge on any atom is 0.150 e. The second kappa shape index (κ2) is 2.51. The molecule has 1 aromatic rings. The van der Waals surface area contributed by atoms with Crippen molar-refractivity contribution in [2.45, 2.75) is 4.90 Å². The standard InChI is InChI=1S/C8H7NOS/c10-11-8-4-2-1-3-7(8)5-6-9-11/h1-6,9H. The molecule has 0 saturated heterocycles. The fourth-order valence-corrected chi connectivity index (χ4v) is 1.91. The summed E-state index contributed by atoms with van der Waals surface area (Å²) in [6.45, 7) is 0. The molecule has 1 heterocycles. The minimum Gasteiger partial charge on any atom is -0.308 e. The van der Waals surface area contributed by atoms with Gasteiger partial charge >= 0.3 is 0 Å². The van der Waals surface area contributed by atoms with Crippen molar-refractivity contribution < 1.29 is 4.21 Å². The molecule has 56 valence electrons. The first-order valence-corrected chi connectivity index (χ1v) is 4.46. The zero-order valence-electron chi connectivity index (χ0n) is 5.78. The molecule has 11 heavy (non-hydrogen) atoms. The minimum absolute atomic E-state index is 0.856. The van der Waals surface area contributed by atoms with Gasteiger partial charge in [-0.15, -0.1) is 0 Å². The number of benzene rings is 1. The Morgan fingerprint density at radius 1 is 1.27 bits per heavy atom. The van der Waals surface area contributed by atoms with Crippen LogP contribution in [0.2, 0.25) is 0 Å². The van der Waals surface area contributed by atoms with E-state index in [9.17, 15) is 4.21 Å². The van der Waals surface area contributed by atoms with Crippen LogP contribution in [-0.2, 0) is 11.0 Å². The maximum atomic E-state index is 11.2. The van der Waals surface area contributed by atoms with E-state index in [-0.39, 0.29) is 0 Å². The predicted molar refractivity (Wildman–Crippen MR) is 45.0 cm³/mol. The normalized spacial score (nSPS) is 20.5. The van der Waals surface area contributed by atoms with Gasteiger partial charge in [0.25, 0.3) is 0 Å². The molecule has 0 spiro atoms. The number of rotatable bonds is 0. The second-order valence-corrected chi connectivity index (χ2v) is 3.47. The summed E-state index contributed by atoms with van der Waals surface area (Å²) in [5.74, 6) is 0. The molecule has 0 bridgehead atoms. The average molecular weight is 165 g/mol. The Morgan fingerprint density at radius 2 is 2.09 bits per heavy atom. The number of nitrogens with one attached hydrogen (secondary N) is 1. The summed E-state index contributed by atoms with van der Waals surface area (Å²) in [6, 6.07) is 7.63. The van der Waals surface area contributed by atoms with Gasteiger partial charge in [-0.05, 0) is 17.7 Å². The van der Waals surface area contributed by atoms with Crippen molar-refractivity contribution in [2.24, 2.45) is 0 Å². The maximum absolute atomic E-state index is 11.2. The molecule has 3 heteroatoms. The lowest BCUT2D eigenvalue weighted by molar-refractivity contribution is 0.679. The Morgan fingerprint density at radius 3 is 2.91 bits per heavy atom. The molecule has 0 fully saturated rings. The van der Waals surface area contributed by atoms with E-state index in [0.717, 1.165) is 10.5 Å². The molecule has 1 aromatic carbocycles. The second-order valence-electron chi connectivity index (χ2n) is 2.26. The molecule has 0 saturated carbocycles. The van der Waals surface area contributed by atoms with E-state index >= 15 is 0 Å². The van der Waals surface area contributed by atoms with Crippen molar-refractivity contribution in [1.82, 2.24) is 4.72 Å².